The molecule has 0 spiro atoms. The normalized spacial score (nSPS) is 26.5. The molecule has 0 bridgehead atoms. The summed E-state index contributed by atoms with van der Waals surface area (Å²) in [4.78, 5) is 0. The first-order chi connectivity index (χ1) is 7.98. The second-order valence-corrected chi connectivity index (χ2v) is 8.04. The van der Waals surface area contributed by atoms with Crippen molar-refractivity contribution in [2.45, 2.75) is 23.6 Å². The molecule has 0 amide bonds. The fraction of sp³-hybridized carbons (Fsp3) is 0.600. The third-order valence-electron chi connectivity index (χ3n) is 3.15. The molecule has 7 heteroatoms. The van der Waals surface area contributed by atoms with E-state index < -0.39 is 10.0 Å². The van der Waals surface area contributed by atoms with E-state index in [-0.39, 0.29) is 18.6 Å². The van der Waals surface area contributed by atoms with Crippen LogP contribution in [0.2, 0.25) is 0 Å². The number of rotatable bonds is 3. The molecule has 96 valence electrons. The van der Waals surface area contributed by atoms with Gasteiger partial charge in [-0.3, -0.25) is 0 Å². The molecule has 2 atom stereocenters. The molecule has 2 rings (SSSR count). The van der Waals surface area contributed by atoms with Crippen LogP contribution in [0.15, 0.2) is 20.1 Å². The van der Waals surface area contributed by atoms with Crippen molar-refractivity contribution < 1.29 is 13.5 Å². The van der Waals surface area contributed by atoms with Crippen LogP contribution < -0.4 is 0 Å². The van der Waals surface area contributed by atoms with Crippen LogP contribution >= 0.6 is 27.3 Å². The van der Waals surface area contributed by atoms with Crippen LogP contribution in [0.5, 0.6) is 0 Å². The highest BCUT2D eigenvalue weighted by Gasteiger charge is 2.40. The zero-order valence-corrected chi connectivity index (χ0v) is 12.6. The molecule has 1 aliphatic heterocycles. The lowest BCUT2D eigenvalue weighted by Crippen LogP contribution is -2.39. The number of aliphatic hydroxyl groups is 1. The zero-order chi connectivity index (χ0) is 12.6. The van der Waals surface area contributed by atoms with Crippen molar-refractivity contribution in [1.29, 1.82) is 0 Å². The van der Waals surface area contributed by atoms with E-state index in [0.29, 0.717) is 15.2 Å². The summed E-state index contributed by atoms with van der Waals surface area (Å²) in [6.07, 6.45) is 0.799. The topological polar surface area (TPSA) is 57.6 Å². The fourth-order valence-corrected chi connectivity index (χ4v) is 6.27. The van der Waals surface area contributed by atoms with Crippen LogP contribution in [0.4, 0.5) is 0 Å². The van der Waals surface area contributed by atoms with Crippen molar-refractivity contribution in [3.63, 3.8) is 0 Å². The van der Waals surface area contributed by atoms with Gasteiger partial charge in [0.15, 0.2) is 0 Å². The largest absolute Gasteiger partial charge is 0.395 e. The average molecular weight is 340 g/mol. The Labute approximate surface area is 113 Å². The minimum Gasteiger partial charge on any atom is -0.395 e. The molecule has 0 aliphatic carbocycles. The number of aliphatic hydroxyl groups excluding tert-OH is 1. The highest BCUT2D eigenvalue weighted by Crippen LogP contribution is 2.35. The summed E-state index contributed by atoms with van der Waals surface area (Å²) in [5.41, 5.74) is 0. The van der Waals surface area contributed by atoms with Crippen LogP contribution in [0, 0.1) is 5.92 Å². The maximum Gasteiger partial charge on any atom is 0.254 e. The maximum atomic E-state index is 12.4. The van der Waals surface area contributed by atoms with E-state index >= 15 is 0 Å². The Bertz CT molecular complexity index is 499. The number of thiophene rings is 1. The third kappa shape index (κ3) is 2.31. The highest BCUT2D eigenvalue weighted by atomic mass is 79.9. The van der Waals surface area contributed by atoms with Gasteiger partial charge in [-0.2, -0.15) is 4.31 Å². The van der Waals surface area contributed by atoms with E-state index in [9.17, 15) is 13.5 Å². The predicted molar refractivity (Wildman–Crippen MR) is 70.6 cm³/mol. The standard InChI is InChI=1S/C10H14BrNO3S2/c1-7-2-4-12(9(7)6-13)17(14,15)10-8(11)3-5-16-10/h3,5,7,9,13H,2,4,6H2,1H3. The molecule has 2 unspecified atom stereocenters. The summed E-state index contributed by atoms with van der Waals surface area (Å²) >= 11 is 4.45. The van der Waals surface area contributed by atoms with E-state index in [4.69, 9.17) is 0 Å². The molecule has 1 aliphatic rings. The van der Waals surface area contributed by atoms with Gasteiger partial charge in [0.1, 0.15) is 4.21 Å². The fourth-order valence-electron chi connectivity index (χ4n) is 2.11. The van der Waals surface area contributed by atoms with Crippen LogP contribution in [-0.4, -0.2) is 37.0 Å². The number of nitrogens with zero attached hydrogens (tertiary/aromatic N) is 1. The first kappa shape index (κ1) is 13.5. The molecule has 0 radical (unpaired) electrons. The van der Waals surface area contributed by atoms with Gasteiger partial charge in [0.2, 0.25) is 0 Å². The molecule has 1 aromatic rings. The lowest BCUT2D eigenvalue weighted by molar-refractivity contribution is 0.191. The van der Waals surface area contributed by atoms with Gasteiger partial charge < -0.3 is 5.11 Å². The van der Waals surface area contributed by atoms with E-state index in [0.717, 1.165) is 6.42 Å². The van der Waals surface area contributed by atoms with Gasteiger partial charge in [0.05, 0.1) is 12.6 Å². The van der Waals surface area contributed by atoms with Gasteiger partial charge in [0.25, 0.3) is 10.0 Å². The number of sulfonamides is 1. The molecular formula is C10H14BrNO3S2. The quantitative estimate of drug-likeness (QED) is 0.914. The van der Waals surface area contributed by atoms with Gasteiger partial charge >= 0.3 is 0 Å². The van der Waals surface area contributed by atoms with Crippen LogP contribution in [0.3, 0.4) is 0 Å². The van der Waals surface area contributed by atoms with Gasteiger partial charge in [-0.15, -0.1) is 11.3 Å². The molecule has 1 aromatic heterocycles. The monoisotopic (exact) mass is 339 g/mol. The summed E-state index contributed by atoms with van der Waals surface area (Å²) < 4.78 is 27.2. The van der Waals surface area contributed by atoms with Crippen molar-refractivity contribution in [3.05, 3.63) is 15.9 Å². The molecule has 1 N–H and O–H groups in total. The molecular weight excluding hydrogens is 326 g/mol. The Balaban J connectivity index is 2.37. The molecule has 17 heavy (non-hydrogen) atoms. The van der Waals surface area contributed by atoms with E-state index in [2.05, 4.69) is 15.9 Å². The van der Waals surface area contributed by atoms with Crippen molar-refractivity contribution >= 4 is 37.3 Å². The minimum absolute atomic E-state index is 0.122. The van der Waals surface area contributed by atoms with Crippen molar-refractivity contribution in [1.82, 2.24) is 4.31 Å². The smallest absolute Gasteiger partial charge is 0.254 e. The van der Waals surface area contributed by atoms with Crippen LogP contribution in [0.1, 0.15) is 13.3 Å². The van der Waals surface area contributed by atoms with Crippen molar-refractivity contribution in [2.75, 3.05) is 13.2 Å². The van der Waals surface area contributed by atoms with Gasteiger partial charge in [-0.1, -0.05) is 6.92 Å². The van der Waals surface area contributed by atoms with Gasteiger partial charge in [0, 0.05) is 11.0 Å². The second-order valence-electron chi connectivity index (χ2n) is 4.19. The Morgan fingerprint density at radius 2 is 2.35 bits per heavy atom. The number of hydrogen-bond acceptors (Lipinski definition) is 4. The summed E-state index contributed by atoms with van der Waals surface area (Å²) in [7, 11) is -3.48. The second kappa shape index (κ2) is 4.97. The Morgan fingerprint density at radius 1 is 1.65 bits per heavy atom. The molecule has 1 fully saturated rings. The molecule has 0 aromatic carbocycles. The van der Waals surface area contributed by atoms with Crippen molar-refractivity contribution in [3.8, 4) is 0 Å². The third-order valence-corrected chi connectivity index (χ3v) is 7.72. The number of halogens is 1. The summed E-state index contributed by atoms with van der Waals surface area (Å²) in [6.45, 7) is 2.34. The van der Waals surface area contributed by atoms with E-state index in [1.54, 1.807) is 11.4 Å². The van der Waals surface area contributed by atoms with E-state index in [1.807, 2.05) is 6.92 Å². The van der Waals surface area contributed by atoms with E-state index in [1.165, 1.54) is 15.6 Å². The molecule has 2 heterocycles. The van der Waals surface area contributed by atoms with Crippen LogP contribution in [-0.2, 0) is 10.0 Å². The first-order valence-corrected chi connectivity index (χ1v) is 8.45. The average Bonchev–Trinajstić information content (AvgIpc) is 2.84. The van der Waals surface area contributed by atoms with Gasteiger partial charge in [-0.25, -0.2) is 8.42 Å². The molecule has 0 saturated carbocycles. The summed E-state index contributed by atoms with van der Waals surface area (Å²) in [5.74, 6) is 0.202. The summed E-state index contributed by atoms with van der Waals surface area (Å²) in [6, 6.07) is 1.43. The zero-order valence-electron chi connectivity index (χ0n) is 9.34. The Hall–Kier alpha value is 0.0500. The molecule has 1 saturated heterocycles. The molecule has 4 nitrogen and oxygen atoms in total. The highest BCUT2D eigenvalue weighted by molar-refractivity contribution is 9.10. The SMILES string of the molecule is CC1CCN(S(=O)(=O)c2sccc2Br)C1CO. The Morgan fingerprint density at radius 3 is 2.88 bits per heavy atom. The lowest BCUT2D eigenvalue weighted by atomic mass is 10.0. The predicted octanol–water partition coefficient (Wildman–Crippen LogP) is 1.90. The maximum absolute atomic E-state index is 12.4. The number of hydrogen-bond donors (Lipinski definition) is 1. The first-order valence-electron chi connectivity index (χ1n) is 5.34. The minimum atomic E-state index is -3.48. The summed E-state index contributed by atoms with van der Waals surface area (Å²) in [5, 5.41) is 11.1. The Kier molecular flexibility index (Phi) is 3.94. The van der Waals surface area contributed by atoms with Crippen molar-refractivity contribution in [2.24, 2.45) is 5.92 Å². The van der Waals surface area contributed by atoms with Gasteiger partial charge in [-0.05, 0) is 39.7 Å². The lowest BCUT2D eigenvalue weighted by Gasteiger charge is -2.24. The van der Waals surface area contributed by atoms with Crippen LogP contribution in [0.25, 0.3) is 0 Å².